The molecule has 1 aromatic rings. The molecular weight excluding hydrogens is 234 g/mol. The van der Waals surface area contributed by atoms with E-state index in [0.29, 0.717) is 0 Å². The normalized spacial score (nSPS) is 20.8. The molecule has 0 spiro atoms. The molecule has 1 aromatic carbocycles. The van der Waals surface area contributed by atoms with E-state index in [0.717, 1.165) is 25.7 Å². The summed E-state index contributed by atoms with van der Waals surface area (Å²) in [6, 6.07) is 7.74. The number of piperazine rings is 1. The highest BCUT2D eigenvalue weighted by atomic mass is 15.2. The van der Waals surface area contributed by atoms with E-state index in [4.69, 9.17) is 0 Å². The van der Waals surface area contributed by atoms with Crippen molar-refractivity contribution in [3.63, 3.8) is 0 Å². The van der Waals surface area contributed by atoms with Gasteiger partial charge < -0.3 is 15.1 Å². The van der Waals surface area contributed by atoms with Gasteiger partial charge in [0.2, 0.25) is 0 Å². The van der Waals surface area contributed by atoms with E-state index >= 15 is 0 Å². The van der Waals surface area contributed by atoms with Gasteiger partial charge in [-0.25, -0.2) is 0 Å². The average molecular weight is 259 g/mol. The van der Waals surface area contributed by atoms with Crippen molar-refractivity contribution in [2.75, 3.05) is 38.1 Å². The van der Waals surface area contributed by atoms with Crippen LogP contribution in [0, 0.1) is 6.92 Å². The Balaban J connectivity index is 1.64. The lowest BCUT2D eigenvalue weighted by molar-refractivity contribution is 0.312. The predicted octanol–water partition coefficient (Wildman–Crippen LogP) is 2.00. The number of rotatable bonds is 4. The SMILES string of the molecule is Cc1cc(CNC2CC2)ccc1N1CCN(C)CC1. The molecule has 3 heteroatoms. The third-order valence-corrected chi connectivity index (χ3v) is 4.28. The van der Waals surface area contributed by atoms with Crippen LogP contribution in [0.2, 0.25) is 0 Å². The van der Waals surface area contributed by atoms with Crippen LogP contribution in [0.3, 0.4) is 0 Å². The minimum Gasteiger partial charge on any atom is -0.369 e. The molecule has 3 nitrogen and oxygen atoms in total. The first kappa shape index (κ1) is 12.9. The van der Waals surface area contributed by atoms with Crippen LogP contribution in [0.15, 0.2) is 18.2 Å². The Morgan fingerprint density at radius 1 is 1.16 bits per heavy atom. The highest BCUT2D eigenvalue weighted by Crippen LogP contribution is 2.24. The average Bonchev–Trinajstić information content (AvgIpc) is 3.22. The smallest absolute Gasteiger partial charge is 0.0397 e. The van der Waals surface area contributed by atoms with E-state index in [2.05, 4.69) is 47.3 Å². The quantitative estimate of drug-likeness (QED) is 0.892. The number of hydrogen-bond donors (Lipinski definition) is 1. The molecule has 1 aliphatic carbocycles. The first-order valence-corrected chi connectivity index (χ1v) is 7.49. The van der Waals surface area contributed by atoms with Crippen molar-refractivity contribution in [1.82, 2.24) is 10.2 Å². The third-order valence-electron chi connectivity index (χ3n) is 4.28. The molecule has 0 unspecified atom stereocenters. The van der Waals surface area contributed by atoms with Crippen LogP contribution in [-0.4, -0.2) is 44.2 Å². The fourth-order valence-electron chi connectivity index (χ4n) is 2.78. The molecule has 1 N–H and O–H groups in total. The molecule has 2 fully saturated rings. The summed E-state index contributed by atoms with van der Waals surface area (Å²) in [4.78, 5) is 4.92. The van der Waals surface area contributed by atoms with Gasteiger partial charge in [0, 0.05) is 44.5 Å². The van der Waals surface area contributed by atoms with Gasteiger partial charge in [-0.05, 0) is 44.0 Å². The summed E-state index contributed by atoms with van der Waals surface area (Å²) in [7, 11) is 2.21. The van der Waals surface area contributed by atoms with Gasteiger partial charge in [-0.2, -0.15) is 0 Å². The molecule has 1 aliphatic heterocycles. The Morgan fingerprint density at radius 2 is 1.89 bits per heavy atom. The minimum atomic E-state index is 0.789. The van der Waals surface area contributed by atoms with Gasteiger partial charge in [0.15, 0.2) is 0 Å². The van der Waals surface area contributed by atoms with Crippen LogP contribution in [0.25, 0.3) is 0 Å². The summed E-state index contributed by atoms with van der Waals surface area (Å²) >= 11 is 0. The van der Waals surface area contributed by atoms with Gasteiger partial charge in [-0.15, -0.1) is 0 Å². The first-order valence-electron chi connectivity index (χ1n) is 7.49. The van der Waals surface area contributed by atoms with Crippen molar-refractivity contribution in [2.24, 2.45) is 0 Å². The number of hydrogen-bond acceptors (Lipinski definition) is 3. The van der Waals surface area contributed by atoms with Crippen molar-refractivity contribution in [1.29, 1.82) is 0 Å². The number of nitrogens with one attached hydrogen (secondary N) is 1. The summed E-state index contributed by atoms with van der Waals surface area (Å²) in [5.74, 6) is 0. The van der Waals surface area contributed by atoms with Crippen LogP contribution < -0.4 is 10.2 Å². The molecular formula is C16H25N3. The van der Waals surface area contributed by atoms with Crippen LogP contribution in [0.1, 0.15) is 24.0 Å². The molecule has 0 aromatic heterocycles. The minimum absolute atomic E-state index is 0.789. The maximum atomic E-state index is 3.58. The lowest BCUT2D eigenvalue weighted by Crippen LogP contribution is -2.44. The predicted molar refractivity (Wildman–Crippen MR) is 80.8 cm³/mol. The van der Waals surface area contributed by atoms with Crippen molar-refractivity contribution >= 4 is 5.69 Å². The van der Waals surface area contributed by atoms with Crippen LogP contribution >= 0.6 is 0 Å². The molecule has 19 heavy (non-hydrogen) atoms. The standard InChI is InChI=1S/C16H25N3/c1-13-11-14(12-17-15-4-5-15)3-6-16(13)19-9-7-18(2)8-10-19/h3,6,11,15,17H,4-5,7-10,12H2,1-2H3. The Morgan fingerprint density at radius 3 is 2.53 bits per heavy atom. The molecule has 104 valence electrons. The maximum absolute atomic E-state index is 3.58. The summed E-state index contributed by atoms with van der Waals surface area (Å²) in [6.45, 7) is 7.91. The number of anilines is 1. The maximum Gasteiger partial charge on any atom is 0.0397 e. The van der Waals surface area contributed by atoms with E-state index in [9.17, 15) is 0 Å². The molecule has 1 heterocycles. The van der Waals surface area contributed by atoms with Crippen molar-refractivity contribution < 1.29 is 0 Å². The lowest BCUT2D eigenvalue weighted by atomic mass is 10.1. The highest BCUT2D eigenvalue weighted by Gasteiger charge is 2.20. The second-order valence-electron chi connectivity index (χ2n) is 6.07. The van der Waals surface area contributed by atoms with Crippen LogP contribution in [0.4, 0.5) is 5.69 Å². The largest absolute Gasteiger partial charge is 0.369 e. The molecule has 1 saturated carbocycles. The van der Waals surface area contributed by atoms with Gasteiger partial charge in [-0.1, -0.05) is 12.1 Å². The van der Waals surface area contributed by atoms with Gasteiger partial charge in [0.05, 0.1) is 0 Å². The second-order valence-corrected chi connectivity index (χ2v) is 6.07. The zero-order valence-electron chi connectivity index (χ0n) is 12.2. The summed E-state index contributed by atoms with van der Waals surface area (Å²) in [6.07, 6.45) is 2.72. The van der Waals surface area contributed by atoms with Crippen molar-refractivity contribution in [2.45, 2.75) is 32.4 Å². The summed E-state index contributed by atoms with van der Waals surface area (Å²) < 4.78 is 0. The van der Waals surface area contributed by atoms with Crippen LogP contribution in [-0.2, 0) is 6.54 Å². The second kappa shape index (κ2) is 5.51. The molecule has 1 saturated heterocycles. The molecule has 0 atom stereocenters. The van der Waals surface area contributed by atoms with Crippen molar-refractivity contribution in [3.05, 3.63) is 29.3 Å². The fraction of sp³-hybridized carbons (Fsp3) is 0.625. The highest BCUT2D eigenvalue weighted by molar-refractivity contribution is 5.54. The Labute approximate surface area is 116 Å². The van der Waals surface area contributed by atoms with Gasteiger partial charge >= 0.3 is 0 Å². The lowest BCUT2D eigenvalue weighted by Gasteiger charge is -2.35. The first-order chi connectivity index (χ1) is 9.22. The topological polar surface area (TPSA) is 18.5 Å². The summed E-state index contributed by atoms with van der Waals surface area (Å²) in [5, 5.41) is 3.58. The van der Waals surface area contributed by atoms with E-state index in [1.165, 1.54) is 42.7 Å². The Hall–Kier alpha value is -1.06. The van der Waals surface area contributed by atoms with E-state index in [1.807, 2.05) is 0 Å². The van der Waals surface area contributed by atoms with Gasteiger partial charge in [0.1, 0.15) is 0 Å². The fourth-order valence-corrected chi connectivity index (χ4v) is 2.78. The zero-order valence-corrected chi connectivity index (χ0v) is 12.2. The third kappa shape index (κ3) is 3.28. The van der Waals surface area contributed by atoms with E-state index in [-0.39, 0.29) is 0 Å². The molecule has 0 radical (unpaired) electrons. The van der Waals surface area contributed by atoms with Crippen LogP contribution in [0.5, 0.6) is 0 Å². The Bertz CT molecular complexity index is 432. The molecule has 3 rings (SSSR count). The molecule has 0 bridgehead atoms. The van der Waals surface area contributed by atoms with Crippen molar-refractivity contribution in [3.8, 4) is 0 Å². The zero-order chi connectivity index (χ0) is 13.2. The monoisotopic (exact) mass is 259 g/mol. The molecule has 0 amide bonds. The van der Waals surface area contributed by atoms with E-state index in [1.54, 1.807) is 0 Å². The van der Waals surface area contributed by atoms with E-state index < -0.39 is 0 Å². The number of likely N-dealkylation sites (N-methyl/N-ethyl adjacent to an activating group) is 1. The van der Waals surface area contributed by atoms with Gasteiger partial charge in [-0.3, -0.25) is 0 Å². The Kier molecular flexibility index (Phi) is 3.76. The number of benzene rings is 1. The summed E-state index contributed by atoms with van der Waals surface area (Å²) in [5.41, 5.74) is 4.25. The molecule has 2 aliphatic rings. The number of nitrogens with zero attached hydrogens (tertiary/aromatic N) is 2. The van der Waals surface area contributed by atoms with Gasteiger partial charge in [0.25, 0.3) is 0 Å². The number of aryl methyl sites for hydroxylation is 1.